The van der Waals surface area contributed by atoms with Gasteiger partial charge in [0.05, 0.1) is 11.4 Å². The molecule has 0 atom stereocenters. The lowest BCUT2D eigenvalue weighted by molar-refractivity contribution is 0.0443. The summed E-state index contributed by atoms with van der Waals surface area (Å²) in [5, 5.41) is 9.03. The SMILES string of the molecule is Cc1cc(COC(=O)c2cc3c(C)nn(C)c3s2)on1. The van der Waals surface area contributed by atoms with Crippen molar-refractivity contribution in [3.05, 3.63) is 34.2 Å². The van der Waals surface area contributed by atoms with Gasteiger partial charge in [0.15, 0.2) is 12.4 Å². The van der Waals surface area contributed by atoms with Crippen molar-refractivity contribution < 1.29 is 14.1 Å². The average Bonchev–Trinajstić information content (AvgIpc) is 3.06. The number of aryl methyl sites for hydroxylation is 3. The van der Waals surface area contributed by atoms with Gasteiger partial charge in [-0.05, 0) is 19.9 Å². The van der Waals surface area contributed by atoms with Crippen LogP contribution in [0.2, 0.25) is 0 Å². The molecule has 0 saturated heterocycles. The largest absolute Gasteiger partial charge is 0.453 e. The quantitative estimate of drug-likeness (QED) is 0.694. The maximum Gasteiger partial charge on any atom is 0.348 e. The molecule has 0 N–H and O–H groups in total. The lowest BCUT2D eigenvalue weighted by atomic mass is 10.3. The number of nitrogens with zero attached hydrogens (tertiary/aromatic N) is 3. The molecule has 7 heteroatoms. The second kappa shape index (κ2) is 4.75. The third kappa shape index (κ3) is 2.20. The van der Waals surface area contributed by atoms with Crippen molar-refractivity contribution in [1.29, 1.82) is 0 Å². The molecule has 0 saturated carbocycles. The van der Waals surface area contributed by atoms with Crippen LogP contribution < -0.4 is 0 Å². The van der Waals surface area contributed by atoms with Gasteiger partial charge in [-0.2, -0.15) is 5.10 Å². The Labute approximate surface area is 118 Å². The van der Waals surface area contributed by atoms with E-state index in [0.717, 1.165) is 21.6 Å². The van der Waals surface area contributed by atoms with Crippen molar-refractivity contribution in [2.24, 2.45) is 7.05 Å². The van der Waals surface area contributed by atoms with E-state index < -0.39 is 0 Å². The van der Waals surface area contributed by atoms with Crippen molar-refractivity contribution in [2.45, 2.75) is 20.5 Å². The van der Waals surface area contributed by atoms with Gasteiger partial charge in [-0.3, -0.25) is 4.68 Å². The zero-order valence-corrected chi connectivity index (χ0v) is 12.2. The Bertz CT molecular complexity index is 750. The van der Waals surface area contributed by atoms with Crippen molar-refractivity contribution in [1.82, 2.24) is 14.9 Å². The second-order valence-electron chi connectivity index (χ2n) is 4.55. The number of aromatic nitrogens is 3. The van der Waals surface area contributed by atoms with Crippen molar-refractivity contribution in [3.63, 3.8) is 0 Å². The standard InChI is InChI=1S/C13H13N3O3S/c1-7-4-9(19-15-7)6-18-13(17)11-5-10-8(2)14-16(3)12(10)20-11/h4-5H,6H2,1-3H3. The summed E-state index contributed by atoms with van der Waals surface area (Å²) in [7, 11) is 1.86. The van der Waals surface area contributed by atoms with Gasteiger partial charge in [0, 0.05) is 18.5 Å². The van der Waals surface area contributed by atoms with E-state index in [1.54, 1.807) is 10.7 Å². The number of hydrogen-bond donors (Lipinski definition) is 0. The number of carbonyl (C=O) groups is 1. The Hall–Kier alpha value is -2.15. The van der Waals surface area contributed by atoms with Crippen molar-refractivity contribution >= 4 is 27.5 Å². The molecular weight excluding hydrogens is 278 g/mol. The van der Waals surface area contributed by atoms with Crippen LogP contribution >= 0.6 is 11.3 Å². The van der Waals surface area contributed by atoms with E-state index in [4.69, 9.17) is 9.26 Å². The highest BCUT2D eigenvalue weighted by Crippen LogP contribution is 2.28. The monoisotopic (exact) mass is 291 g/mol. The highest BCUT2D eigenvalue weighted by molar-refractivity contribution is 7.20. The van der Waals surface area contributed by atoms with Gasteiger partial charge in [-0.25, -0.2) is 4.79 Å². The zero-order chi connectivity index (χ0) is 14.3. The Kier molecular flexibility index (Phi) is 3.06. The first-order valence-corrected chi connectivity index (χ1v) is 6.88. The molecule has 104 valence electrons. The molecule has 6 nitrogen and oxygen atoms in total. The second-order valence-corrected chi connectivity index (χ2v) is 5.58. The summed E-state index contributed by atoms with van der Waals surface area (Å²) in [5.41, 5.74) is 1.67. The summed E-state index contributed by atoms with van der Waals surface area (Å²) >= 11 is 1.37. The van der Waals surface area contributed by atoms with E-state index >= 15 is 0 Å². The number of carbonyl (C=O) groups excluding carboxylic acids is 1. The van der Waals surface area contributed by atoms with E-state index in [1.807, 2.05) is 27.0 Å². The number of rotatable bonds is 3. The smallest absolute Gasteiger partial charge is 0.348 e. The highest BCUT2D eigenvalue weighted by Gasteiger charge is 2.16. The van der Waals surface area contributed by atoms with E-state index in [2.05, 4.69) is 10.3 Å². The minimum atomic E-state index is -0.361. The molecule has 0 amide bonds. The van der Waals surface area contributed by atoms with E-state index in [-0.39, 0.29) is 12.6 Å². The number of thiophene rings is 1. The van der Waals surface area contributed by atoms with Crippen LogP contribution in [0.15, 0.2) is 16.7 Å². The Morgan fingerprint density at radius 3 is 2.90 bits per heavy atom. The van der Waals surface area contributed by atoms with Gasteiger partial charge in [-0.15, -0.1) is 11.3 Å². The predicted octanol–water partition coefficient (Wildman–Crippen LogP) is 2.60. The minimum absolute atomic E-state index is 0.0884. The zero-order valence-electron chi connectivity index (χ0n) is 11.3. The number of ether oxygens (including phenoxy) is 1. The molecule has 3 aromatic heterocycles. The number of hydrogen-bond acceptors (Lipinski definition) is 6. The van der Waals surface area contributed by atoms with Gasteiger partial charge in [0.1, 0.15) is 9.71 Å². The summed E-state index contributed by atoms with van der Waals surface area (Å²) in [6, 6.07) is 3.56. The summed E-state index contributed by atoms with van der Waals surface area (Å²) in [6.45, 7) is 3.82. The van der Waals surface area contributed by atoms with E-state index in [1.165, 1.54) is 11.3 Å². The van der Waals surface area contributed by atoms with Crippen LogP contribution in [0, 0.1) is 13.8 Å². The normalized spacial score (nSPS) is 11.2. The van der Waals surface area contributed by atoms with Crippen LogP contribution in [0.5, 0.6) is 0 Å². The molecule has 0 bridgehead atoms. The van der Waals surface area contributed by atoms with Gasteiger partial charge in [0.25, 0.3) is 0 Å². The molecule has 3 rings (SSSR count). The summed E-state index contributed by atoms with van der Waals surface area (Å²) in [6.07, 6.45) is 0. The molecule has 3 heterocycles. The maximum absolute atomic E-state index is 12.0. The predicted molar refractivity (Wildman–Crippen MR) is 73.7 cm³/mol. The molecule has 0 spiro atoms. The molecule has 3 aromatic rings. The van der Waals surface area contributed by atoms with Gasteiger partial charge in [-0.1, -0.05) is 5.16 Å². The number of esters is 1. The molecule has 0 aliphatic rings. The molecular formula is C13H13N3O3S. The van der Waals surface area contributed by atoms with Crippen LogP contribution in [0.1, 0.15) is 26.8 Å². The first-order chi connectivity index (χ1) is 9.54. The Morgan fingerprint density at radius 2 is 2.25 bits per heavy atom. The molecule has 20 heavy (non-hydrogen) atoms. The fourth-order valence-electron chi connectivity index (χ4n) is 2.00. The van der Waals surface area contributed by atoms with Crippen LogP contribution in [0.3, 0.4) is 0 Å². The van der Waals surface area contributed by atoms with Crippen molar-refractivity contribution in [2.75, 3.05) is 0 Å². The van der Waals surface area contributed by atoms with Gasteiger partial charge in [0.2, 0.25) is 0 Å². The molecule has 0 radical (unpaired) electrons. The molecule has 0 unspecified atom stereocenters. The molecule has 0 fully saturated rings. The summed E-state index contributed by atoms with van der Waals surface area (Å²) in [5.74, 6) is 0.175. The Balaban J connectivity index is 1.77. The van der Waals surface area contributed by atoms with Crippen LogP contribution in [0.25, 0.3) is 10.2 Å². The fraction of sp³-hybridized carbons (Fsp3) is 0.308. The minimum Gasteiger partial charge on any atom is -0.453 e. The first kappa shape index (κ1) is 12.9. The van der Waals surface area contributed by atoms with Gasteiger partial charge < -0.3 is 9.26 Å². The third-order valence-corrected chi connectivity index (χ3v) is 4.10. The fourth-order valence-corrected chi connectivity index (χ4v) is 3.01. The molecule has 0 aliphatic heterocycles. The van der Waals surface area contributed by atoms with E-state index in [0.29, 0.717) is 10.6 Å². The van der Waals surface area contributed by atoms with Crippen LogP contribution in [-0.2, 0) is 18.4 Å². The highest BCUT2D eigenvalue weighted by atomic mass is 32.1. The van der Waals surface area contributed by atoms with Crippen LogP contribution in [-0.4, -0.2) is 20.9 Å². The van der Waals surface area contributed by atoms with Gasteiger partial charge >= 0.3 is 5.97 Å². The first-order valence-electron chi connectivity index (χ1n) is 6.07. The third-order valence-electron chi connectivity index (χ3n) is 2.92. The lowest BCUT2D eigenvalue weighted by Crippen LogP contribution is -2.02. The summed E-state index contributed by atoms with van der Waals surface area (Å²) < 4.78 is 12.0. The maximum atomic E-state index is 12.0. The molecule has 0 aliphatic carbocycles. The average molecular weight is 291 g/mol. The van der Waals surface area contributed by atoms with E-state index in [9.17, 15) is 4.79 Å². The molecule has 0 aromatic carbocycles. The lowest BCUT2D eigenvalue weighted by Gasteiger charge is -1.99. The topological polar surface area (TPSA) is 70.2 Å². The number of fused-ring (bicyclic) bond motifs is 1. The Morgan fingerprint density at radius 1 is 1.45 bits per heavy atom. The van der Waals surface area contributed by atoms with Crippen LogP contribution in [0.4, 0.5) is 0 Å². The van der Waals surface area contributed by atoms with Crippen molar-refractivity contribution in [3.8, 4) is 0 Å². The summed E-state index contributed by atoms with van der Waals surface area (Å²) in [4.78, 5) is 13.5.